The zero-order valence-corrected chi connectivity index (χ0v) is 14.2. The molecule has 1 aliphatic heterocycles. The molecule has 21 heavy (non-hydrogen) atoms. The van der Waals surface area contributed by atoms with E-state index in [9.17, 15) is 4.79 Å². The highest BCUT2D eigenvalue weighted by Gasteiger charge is 2.41. The molecule has 118 valence electrons. The van der Waals surface area contributed by atoms with Crippen molar-refractivity contribution in [3.05, 3.63) is 35.9 Å². The Morgan fingerprint density at radius 3 is 2.38 bits per heavy atom. The summed E-state index contributed by atoms with van der Waals surface area (Å²) in [5.41, 5.74) is 7.25. The molecular weight excluding hydrogens is 284 g/mol. The third-order valence-corrected chi connectivity index (χ3v) is 4.45. The molecule has 1 aromatic rings. The number of amides is 1. The lowest BCUT2D eigenvalue weighted by Gasteiger charge is -2.35. The Labute approximate surface area is 134 Å². The van der Waals surface area contributed by atoms with Crippen LogP contribution in [0.25, 0.3) is 0 Å². The van der Waals surface area contributed by atoms with Crippen LogP contribution in [-0.2, 0) is 4.79 Å². The SMILES string of the molecule is CC1CN(C(=O)C(C)C(N)c2ccccc2)C(C)(C)C1.Cl. The van der Waals surface area contributed by atoms with Crippen molar-refractivity contribution in [2.75, 3.05) is 6.54 Å². The Kier molecular flexibility index (Phi) is 5.83. The maximum absolute atomic E-state index is 12.8. The fourth-order valence-electron chi connectivity index (χ4n) is 3.34. The minimum Gasteiger partial charge on any atom is -0.337 e. The first-order valence-corrected chi connectivity index (χ1v) is 7.45. The van der Waals surface area contributed by atoms with Crippen LogP contribution < -0.4 is 5.73 Å². The average Bonchev–Trinajstić information content (AvgIpc) is 2.70. The smallest absolute Gasteiger partial charge is 0.227 e. The normalized spacial score (nSPS) is 23.3. The first-order chi connectivity index (χ1) is 9.33. The molecule has 0 saturated carbocycles. The van der Waals surface area contributed by atoms with Crippen LogP contribution in [0.3, 0.4) is 0 Å². The van der Waals surface area contributed by atoms with Crippen molar-refractivity contribution >= 4 is 18.3 Å². The minimum atomic E-state index is -0.240. The Bertz CT molecular complexity index is 475. The third kappa shape index (κ3) is 3.78. The van der Waals surface area contributed by atoms with E-state index in [-0.39, 0.29) is 35.8 Å². The molecule has 4 heteroatoms. The van der Waals surface area contributed by atoms with Crippen molar-refractivity contribution in [1.82, 2.24) is 4.90 Å². The second kappa shape index (κ2) is 6.80. The Morgan fingerprint density at radius 1 is 1.33 bits per heavy atom. The quantitative estimate of drug-likeness (QED) is 0.930. The number of benzene rings is 1. The first-order valence-electron chi connectivity index (χ1n) is 7.45. The lowest BCUT2D eigenvalue weighted by molar-refractivity contribution is -0.139. The molecule has 0 bridgehead atoms. The Hall–Kier alpha value is -1.06. The van der Waals surface area contributed by atoms with Crippen molar-refractivity contribution in [3.63, 3.8) is 0 Å². The van der Waals surface area contributed by atoms with E-state index in [0.717, 1.165) is 18.5 Å². The Balaban J connectivity index is 0.00000220. The van der Waals surface area contributed by atoms with Gasteiger partial charge < -0.3 is 10.6 Å². The number of carbonyl (C=O) groups is 1. The van der Waals surface area contributed by atoms with Gasteiger partial charge >= 0.3 is 0 Å². The summed E-state index contributed by atoms with van der Waals surface area (Å²) in [5, 5.41) is 0. The number of nitrogens with zero attached hydrogens (tertiary/aromatic N) is 1. The van der Waals surface area contributed by atoms with Crippen LogP contribution >= 0.6 is 12.4 Å². The summed E-state index contributed by atoms with van der Waals surface area (Å²) in [6.45, 7) is 9.29. The van der Waals surface area contributed by atoms with Crippen LogP contribution in [0.5, 0.6) is 0 Å². The van der Waals surface area contributed by atoms with E-state index in [0.29, 0.717) is 5.92 Å². The molecule has 1 fully saturated rings. The van der Waals surface area contributed by atoms with E-state index in [2.05, 4.69) is 20.8 Å². The number of nitrogens with two attached hydrogens (primary N) is 1. The van der Waals surface area contributed by atoms with E-state index >= 15 is 0 Å². The van der Waals surface area contributed by atoms with Gasteiger partial charge in [0, 0.05) is 18.1 Å². The molecule has 0 aliphatic carbocycles. The van der Waals surface area contributed by atoms with Gasteiger partial charge in [0.15, 0.2) is 0 Å². The van der Waals surface area contributed by atoms with E-state index in [4.69, 9.17) is 5.73 Å². The number of halogens is 1. The standard InChI is InChI=1S/C17H26N2O.ClH/c1-12-10-17(3,4)19(11-12)16(20)13(2)15(18)14-8-6-5-7-9-14;/h5-9,12-13,15H,10-11,18H2,1-4H3;1H. The van der Waals surface area contributed by atoms with Crippen molar-refractivity contribution < 1.29 is 4.79 Å². The number of likely N-dealkylation sites (tertiary alicyclic amines) is 1. The predicted molar refractivity (Wildman–Crippen MR) is 89.4 cm³/mol. The van der Waals surface area contributed by atoms with Crippen LogP contribution in [0.1, 0.15) is 45.7 Å². The highest BCUT2D eigenvalue weighted by Crippen LogP contribution is 2.34. The topological polar surface area (TPSA) is 46.3 Å². The Morgan fingerprint density at radius 2 is 1.90 bits per heavy atom. The van der Waals surface area contributed by atoms with Gasteiger partial charge in [0.1, 0.15) is 0 Å². The zero-order chi connectivity index (χ0) is 14.9. The number of rotatable bonds is 3. The summed E-state index contributed by atoms with van der Waals surface area (Å²) in [5.74, 6) is 0.548. The van der Waals surface area contributed by atoms with E-state index in [1.54, 1.807) is 0 Å². The van der Waals surface area contributed by atoms with Crippen molar-refractivity contribution in [2.24, 2.45) is 17.6 Å². The third-order valence-electron chi connectivity index (χ3n) is 4.45. The van der Waals surface area contributed by atoms with Gasteiger partial charge in [0.25, 0.3) is 0 Å². The van der Waals surface area contributed by atoms with Gasteiger partial charge in [-0.2, -0.15) is 0 Å². The van der Waals surface area contributed by atoms with Crippen LogP contribution in [0.15, 0.2) is 30.3 Å². The van der Waals surface area contributed by atoms with Crippen molar-refractivity contribution in [1.29, 1.82) is 0 Å². The highest BCUT2D eigenvalue weighted by molar-refractivity contribution is 5.85. The maximum Gasteiger partial charge on any atom is 0.227 e. The molecule has 3 nitrogen and oxygen atoms in total. The van der Waals surface area contributed by atoms with Crippen LogP contribution in [-0.4, -0.2) is 22.9 Å². The van der Waals surface area contributed by atoms with Crippen molar-refractivity contribution in [3.8, 4) is 0 Å². The molecule has 0 aromatic heterocycles. The molecule has 2 N–H and O–H groups in total. The van der Waals surface area contributed by atoms with E-state index in [1.165, 1.54) is 0 Å². The largest absolute Gasteiger partial charge is 0.337 e. The van der Waals surface area contributed by atoms with Gasteiger partial charge in [-0.1, -0.05) is 44.2 Å². The molecule has 1 aliphatic rings. The molecule has 0 radical (unpaired) electrons. The number of hydrogen-bond acceptors (Lipinski definition) is 2. The second-order valence-electron chi connectivity index (χ2n) is 6.80. The summed E-state index contributed by atoms with van der Waals surface area (Å²) < 4.78 is 0. The highest BCUT2D eigenvalue weighted by atomic mass is 35.5. The van der Waals surface area contributed by atoms with Gasteiger partial charge in [0.2, 0.25) is 5.91 Å². The summed E-state index contributed by atoms with van der Waals surface area (Å²) in [7, 11) is 0. The average molecular weight is 311 g/mol. The van der Waals surface area contributed by atoms with Crippen LogP contribution in [0.2, 0.25) is 0 Å². The van der Waals surface area contributed by atoms with Crippen molar-refractivity contribution in [2.45, 2.75) is 45.7 Å². The lowest BCUT2D eigenvalue weighted by atomic mass is 9.92. The fourth-order valence-corrected chi connectivity index (χ4v) is 3.34. The maximum atomic E-state index is 12.8. The second-order valence-corrected chi connectivity index (χ2v) is 6.80. The molecular formula is C17H27ClN2O. The van der Waals surface area contributed by atoms with Gasteiger partial charge in [-0.15, -0.1) is 12.4 Å². The summed E-state index contributed by atoms with van der Waals surface area (Å²) in [6, 6.07) is 9.64. The molecule has 1 amide bonds. The summed E-state index contributed by atoms with van der Waals surface area (Å²) in [6.07, 6.45) is 1.06. The molecule has 3 atom stereocenters. The molecule has 1 aromatic carbocycles. The zero-order valence-electron chi connectivity index (χ0n) is 13.4. The summed E-state index contributed by atoms with van der Waals surface area (Å²) >= 11 is 0. The first kappa shape index (κ1) is 18.0. The van der Waals surface area contributed by atoms with E-state index in [1.807, 2.05) is 42.2 Å². The molecule has 2 rings (SSSR count). The molecule has 1 saturated heterocycles. The van der Waals surface area contributed by atoms with Crippen LogP contribution in [0.4, 0.5) is 0 Å². The van der Waals surface area contributed by atoms with Gasteiger partial charge in [-0.3, -0.25) is 4.79 Å². The van der Waals surface area contributed by atoms with E-state index < -0.39 is 0 Å². The van der Waals surface area contributed by atoms with Gasteiger partial charge in [0.05, 0.1) is 5.92 Å². The fraction of sp³-hybridized carbons (Fsp3) is 0.588. The molecule has 3 unspecified atom stereocenters. The minimum absolute atomic E-state index is 0. The molecule has 1 heterocycles. The van der Waals surface area contributed by atoms with Gasteiger partial charge in [-0.25, -0.2) is 0 Å². The predicted octanol–water partition coefficient (Wildman–Crippen LogP) is 3.39. The number of carbonyl (C=O) groups excluding carboxylic acids is 1. The monoisotopic (exact) mass is 310 g/mol. The molecule has 0 spiro atoms. The van der Waals surface area contributed by atoms with Gasteiger partial charge in [-0.05, 0) is 31.7 Å². The van der Waals surface area contributed by atoms with Crippen LogP contribution in [0, 0.1) is 11.8 Å². The number of hydrogen-bond donors (Lipinski definition) is 1. The summed E-state index contributed by atoms with van der Waals surface area (Å²) in [4.78, 5) is 14.8. The lowest BCUT2D eigenvalue weighted by Crippen LogP contribution is -2.47.